The number of esters is 1. The van der Waals surface area contributed by atoms with E-state index < -0.39 is 59.5 Å². The quantitative estimate of drug-likeness (QED) is 0.188. The minimum atomic E-state index is -1.48. The van der Waals surface area contributed by atoms with Crippen LogP contribution in [0.25, 0.3) is 11.0 Å². The Balaban J connectivity index is 1.32. The van der Waals surface area contributed by atoms with Crippen molar-refractivity contribution in [3.05, 3.63) is 82.9 Å². The summed E-state index contributed by atoms with van der Waals surface area (Å²) < 4.78 is 20.6. The van der Waals surface area contributed by atoms with Crippen LogP contribution in [-0.4, -0.2) is 111 Å². The van der Waals surface area contributed by atoms with Crippen molar-refractivity contribution in [1.29, 1.82) is 0 Å². The molecule has 2 aromatic carbocycles. The first kappa shape index (κ1) is 35.9. The number of rotatable bonds is 9. The summed E-state index contributed by atoms with van der Waals surface area (Å²) in [6.45, 7) is 0.282. The number of aliphatic hydroxyl groups excluding tert-OH is 1. The van der Waals surface area contributed by atoms with Crippen LogP contribution in [0.5, 0.6) is 0 Å². The van der Waals surface area contributed by atoms with Crippen molar-refractivity contribution in [2.75, 3.05) is 33.4 Å². The van der Waals surface area contributed by atoms with E-state index in [1.165, 1.54) is 12.0 Å². The lowest BCUT2D eigenvalue weighted by Gasteiger charge is -2.35. The lowest BCUT2D eigenvalue weighted by Crippen LogP contribution is -2.56. The Morgan fingerprint density at radius 3 is 2.60 bits per heavy atom. The fourth-order valence-corrected chi connectivity index (χ4v) is 8.64. The number of aliphatic hydroxyl groups is 1. The summed E-state index contributed by atoms with van der Waals surface area (Å²) in [5, 5.41) is 21.2. The highest BCUT2D eigenvalue weighted by molar-refractivity contribution is 9.11. The Morgan fingerprint density at radius 1 is 1.02 bits per heavy atom. The molecule has 4 aliphatic rings. The van der Waals surface area contributed by atoms with Crippen LogP contribution < -0.4 is 5.32 Å². The van der Waals surface area contributed by atoms with E-state index in [9.17, 15) is 19.5 Å². The van der Waals surface area contributed by atoms with E-state index in [1.54, 1.807) is 27.8 Å². The molecule has 1 aromatic heterocycles. The molecule has 1 spiro atoms. The van der Waals surface area contributed by atoms with Gasteiger partial charge in [-0.1, -0.05) is 75.8 Å². The number of carbonyl (C=O) groups is 4. The number of methoxy groups -OCH3 is 1. The maximum atomic E-state index is 15.0. The molecule has 0 unspecified atom stereocenters. The highest BCUT2D eigenvalue weighted by Gasteiger charge is 2.75. The Labute approximate surface area is 308 Å². The fourth-order valence-electron chi connectivity index (χ4n) is 7.90. The van der Waals surface area contributed by atoms with Crippen LogP contribution in [0, 0.1) is 11.8 Å². The number of ether oxygens (including phenoxy) is 3. The molecule has 2 fully saturated rings. The molecule has 15 heteroatoms. The summed E-state index contributed by atoms with van der Waals surface area (Å²) >= 11 is 3.61. The molecule has 2 saturated heterocycles. The Bertz CT molecular complexity index is 1890. The molecule has 0 saturated carbocycles. The van der Waals surface area contributed by atoms with Crippen molar-refractivity contribution < 1.29 is 38.5 Å². The number of nitrogens with one attached hydrogen (secondary N) is 1. The van der Waals surface area contributed by atoms with E-state index in [2.05, 4.69) is 31.6 Å². The predicted octanol–water partition coefficient (Wildman–Crippen LogP) is 2.63. The molecule has 2 N–H and O–H groups in total. The molecular formula is C37H41BrN6O8. The molecule has 0 aliphatic carbocycles. The van der Waals surface area contributed by atoms with Gasteiger partial charge in [-0.25, -0.2) is 4.68 Å². The van der Waals surface area contributed by atoms with Crippen molar-refractivity contribution in [1.82, 2.24) is 30.1 Å². The third kappa shape index (κ3) is 6.55. The van der Waals surface area contributed by atoms with E-state index in [0.29, 0.717) is 34.8 Å². The van der Waals surface area contributed by atoms with Gasteiger partial charge in [0.1, 0.15) is 42.0 Å². The number of likely N-dealkylation sites (tertiary alicyclic amines) is 1. The number of carbonyl (C=O) groups excluding carboxylic acids is 4. The lowest BCUT2D eigenvalue weighted by molar-refractivity contribution is -0.162. The largest absolute Gasteiger partial charge is 0.455 e. The molecule has 3 amide bonds. The monoisotopic (exact) mass is 776 g/mol. The van der Waals surface area contributed by atoms with Crippen molar-refractivity contribution >= 4 is 50.7 Å². The van der Waals surface area contributed by atoms with Gasteiger partial charge in [0.25, 0.3) is 5.91 Å². The average molecular weight is 778 g/mol. The molecule has 52 heavy (non-hydrogen) atoms. The van der Waals surface area contributed by atoms with E-state index in [0.717, 1.165) is 5.52 Å². The number of halogens is 1. The van der Waals surface area contributed by atoms with Crippen LogP contribution in [0.15, 0.2) is 77.3 Å². The molecule has 274 valence electrons. The van der Waals surface area contributed by atoms with Gasteiger partial charge in [-0.15, -0.1) is 5.10 Å². The van der Waals surface area contributed by atoms with Gasteiger partial charge in [0, 0.05) is 37.7 Å². The zero-order chi connectivity index (χ0) is 36.4. The summed E-state index contributed by atoms with van der Waals surface area (Å²) in [6.07, 6.45) is 4.94. The number of nitrogens with zero attached hydrogens (tertiary/aromatic N) is 5. The first-order chi connectivity index (χ1) is 25.3. The second-order valence-corrected chi connectivity index (χ2v) is 14.4. The van der Waals surface area contributed by atoms with Gasteiger partial charge in [-0.3, -0.25) is 19.2 Å². The van der Waals surface area contributed by atoms with E-state index in [-0.39, 0.29) is 45.3 Å². The van der Waals surface area contributed by atoms with Crippen molar-refractivity contribution in [3.63, 3.8) is 0 Å². The summed E-state index contributed by atoms with van der Waals surface area (Å²) in [5.74, 6) is -3.94. The van der Waals surface area contributed by atoms with Gasteiger partial charge in [0.2, 0.25) is 11.8 Å². The Kier molecular flexibility index (Phi) is 10.6. The number of unbranched alkanes of at least 4 members (excludes halogenated alkanes) is 1. The summed E-state index contributed by atoms with van der Waals surface area (Å²) in [5.41, 5.74) is 0.536. The van der Waals surface area contributed by atoms with Crippen molar-refractivity contribution in [3.8, 4) is 0 Å². The maximum absolute atomic E-state index is 15.0. The molecular weight excluding hydrogens is 736 g/mol. The maximum Gasteiger partial charge on any atom is 0.313 e. The summed E-state index contributed by atoms with van der Waals surface area (Å²) in [4.78, 5) is 60.5. The van der Waals surface area contributed by atoms with Gasteiger partial charge in [0.15, 0.2) is 0 Å². The molecule has 7 rings (SSSR count). The minimum Gasteiger partial charge on any atom is -0.455 e. The highest BCUT2D eigenvalue weighted by Crippen LogP contribution is 2.59. The zero-order valence-electron chi connectivity index (χ0n) is 28.7. The normalized spacial score (nSPS) is 30.0. The Hall–Kier alpha value is -4.44. The number of cyclic esters (lactones) is 1. The number of aromatic nitrogens is 3. The number of fused-ring (bicyclic) bond motifs is 3. The number of hydrogen-bond acceptors (Lipinski definition) is 10. The molecule has 7 atom stereocenters. The van der Waals surface area contributed by atoms with Gasteiger partial charge in [-0.05, 0) is 43.0 Å². The molecule has 5 bridgehead atoms. The predicted molar refractivity (Wildman–Crippen MR) is 190 cm³/mol. The highest BCUT2D eigenvalue weighted by atomic mass is 79.9. The average Bonchev–Trinajstić information content (AvgIpc) is 3.86. The van der Waals surface area contributed by atoms with Gasteiger partial charge >= 0.3 is 5.97 Å². The second kappa shape index (κ2) is 15.3. The number of hydrogen-bond donors (Lipinski definition) is 2. The van der Waals surface area contributed by atoms with Gasteiger partial charge in [-0.2, -0.15) is 0 Å². The Morgan fingerprint density at radius 2 is 1.81 bits per heavy atom. The molecule has 4 aliphatic heterocycles. The van der Waals surface area contributed by atoms with E-state index in [1.807, 2.05) is 54.6 Å². The molecule has 3 aromatic rings. The van der Waals surface area contributed by atoms with Crippen molar-refractivity contribution in [2.45, 2.75) is 62.2 Å². The smallest absolute Gasteiger partial charge is 0.313 e. The molecule has 5 heterocycles. The minimum absolute atomic E-state index is 0.0112. The van der Waals surface area contributed by atoms with Crippen LogP contribution in [0.2, 0.25) is 0 Å². The second-order valence-electron chi connectivity index (χ2n) is 13.5. The topological polar surface area (TPSA) is 165 Å². The standard InChI is InChI=1S/C37H41BrN6O8/c1-50-21-26-31(23-12-4-2-5-13-23)51-36(49)29-30-34(47)43(18-10-11-19-45)33(37(30)20-24(38)32(29)52-37)35(48)42(17-9-3-6-16-28(46)39-26)22-44-27-15-8-7-14-25(27)40-41-44/h2-5,7-9,12-15,20,26,29-33,45H,6,10-11,16-19,21-22H2,1H3,(H,39,46)/b9-3-/t26-,29+,30-,31-,32+,33+,37-/m1/s1. The summed E-state index contributed by atoms with van der Waals surface area (Å²) in [7, 11) is 1.50. The molecule has 0 radical (unpaired) electrons. The molecule has 14 nitrogen and oxygen atoms in total. The van der Waals surface area contributed by atoms with E-state index >= 15 is 4.79 Å². The third-order valence-corrected chi connectivity index (χ3v) is 10.9. The number of amides is 3. The number of benzene rings is 2. The van der Waals surface area contributed by atoms with Crippen LogP contribution >= 0.6 is 15.9 Å². The number of allylic oxidation sites excluding steroid dienone is 1. The van der Waals surface area contributed by atoms with Gasteiger partial charge < -0.3 is 34.4 Å². The SMILES string of the molecule is COC[C@H]1NC(=O)CC/C=C\CN(Cn2nnc3ccccc32)C(=O)[C@@H]2N(CCCCO)C(=O)[C@H]3[C@H](C(=O)O[C@@H]1c1ccccc1)[C@H]1O[C@@]23C=C1Br. The first-order valence-electron chi connectivity index (χ1n) is 17.5. The van der Waals surface area contributed by atoms with Crippen LogP contribution in [-0.2, 0) is 40.1 Å². The van der Waals surface area contributed by atoms with Crippen LogP contribution in [0.4, 0.5) is 0 Å². The fraction of sp³-hybridized carbons (Fsp3) is 0.459. The lowest BCUT2D eigenvalue weighted by atomic mass is 9.74. The van der Waals surface area contributed by atoms with Gasteiger partial charge in [0.05, 0.1) is 24.1 Å². The first-order valence-corrected chi connectivity index (χ1v) is 18.3. The zero-order valence-corrected chi connectivity index (χ0v) is 30.3. The number of para-hydroxylation sites is 1. The van der Waals surface area contributed by atoms with E-state index in [4.69, 9.17) is 14.2 Å². The van der Waals surface area contributed by atoms with Crippen molar-refractivity contribution in [2.24, 2.45) is 11.8 Å². The third-order valence-electron chi connectivity index (χ3n) is 10.2. The van der Waals surface area contributed by atoms with Crippen LogP contribution in [0.3, 0.4) is 0 Å². The summed E-state index contributed by atoms with van der Waals surface area (Å²) in [6, 6.07) is 14.6. The van der Waals surface area contributed by atoms with Crippen LogP contribution in [0.1, 0.15) is 37.4 Å².